The molecular weight excluding hydrogens is 316 g/mol. The minimum atomic E-state index is 0.377. The summed E-state index contributed by atoms with van der Waals surface area (Å²) in [5, 5.41) is 7.91. The molecule has 0 radical (unpaired) electrons. The van der Waals surface area contributed by atoms with Crippen molar-refractivity contribution in [3.05, 3.63) is 39.9 Å². The lowest BCUT2D eigenvalue weighted by Gasteiger charge is -2.08. The molecule has 4 nitrogen and oxygen atoms in total. The van der Waals surface area contributed by atoms with Crippen molar-refractivity contribution in [1.29, 1.82) is 0 Å². The third-order valence-corrected chi connectivity index (χ3v) is 4.65. The Morgan fingerprint density at radius 1 is 1.40 bits per heavy atom. The summed E-state index contributed by atoms with van der Waals surface area (Å²) in [5.41, 5.74) is 3.68. The van der Waals surface area contributed by atoms with Crippen molar-refractivity contribution in [3.8, 4) is 0 Å². The molecule has 1 N–H and O–H groups in total. The molecule has 2 heterocycles. The van der Waals surface area contributed by atoms with E-state index in [1.54, 1.807) is 0 Å². The Hall–Kier alpha value is -1.07. The first-order valence-corrected chi connectivity index (χ1v) is 7.96. The largest absolute Gasteiger partial charge is 0.348 e. The highest BCUT2D eigenvalue weighted by Gasteiger charge is 2.14. The van der Waals surface area contributed by atoms with E-state index in [2.05, 4.69) is 74.8 Å². The van der Waals surface area contributed by atoms with Crippen molar-refractivity contribution in [1.82, 2.24) is 19.7 Å². The van der Waals surface area contributed by atoms with Gasteiger partial charge in [0, 0.05) is 25.0 Å². The van der Waals surface area contributed by atoms with Crippen LogP contribution in [0.3, 0.4) is 0 Å². The zero-order valence-corrected chi connectivity index (χ0v) is 14.2. The molecule has 2 rings (SSSR count). The van der Waals surface area contributed by atoms with Gasteiger partial charge in [-0.15, -0.1) is 0 Å². The monoisotopic (exact) mass is 338 g/mol. The van der Waals surface area contributed by atoms with Gasteiger partial charge in [-0.3, -0.25) is 4.68 Å². The fourth-order valence-corrected chi connectivity index (χ4v) is 3.01. The SMILES string of the molecule is CCc1nn(CC)c(Cn2ccc(C(C)NC)c2)c1Br. The summed E-state index contributed by atoms with van der Waals surface area (Å²) in [7, 11) is 1.98. The van der Waals surface area contributed by atoms with Crippen molar-refractivity contribution in [2.45, 2.75) is 46.3 Å². The van der Waals surface area contributed by atoms with E-state index in [1.807, 2.05) is 7.05 Å². The fraction of sp³-hybridized carbons (Fsp3) is 0.533. The zero-order chi connectivity index (χ0) is 14.7. The summed E-state index contributed by atoms with van der Waals surface area (Å²) in [4.78, 5) is 0. The summed E-state index contributed by atoms with van der Waals surface area (Å²) in [6, 6.07) is 2.55. The number of hydrogen-bond donors (Lipinski definition) is 1. The van der Waals surface area contributed by atoms with Gasteiger partial charge < -0.3 is 9.88 Å². The van der Waals surface area contributed by atoms with Crippen LogP contribution in [-0.2, 0) is 19.5 Å². The molecule has 1 atom stereocenters. The maximum absolute atomic E-state index is 4.65. The smallest absolute Gasteiger partial charge is 0.0767 e. The van der Waals surface area contributed by atoms with E-state index in [1.165, 1.54) is 11.3 Å². The van der Waals surface area contributed by atoms with E-state index >= 15 is 0 Å². The van der Waals surface area contributed by atoms with Crippen molar-refractivity contribution in [3.63, 3.8) is 0 Å². The van der Waals surface area contributed by atoms with E-state index in [0.29, 0.717) is 6.04 Å². The van der Waals surface area contributed by atoms with Gasteiger partial charge in [0.1, 0.15) is 0 Å². The van der Waals surface area contributed by atoms with E-state index in [-0.39, 0.29) is 0 Å². The van der Waals surface area contributed by atoms with Crippen molar-refractivity contribution in [2.75, 3.05) is 7.05 Å². The zero-order valence-electron chi connectivity index (χ0n) is 12.7. The molecule has 0 aliphatic heterocycles. The number of aryl methyl sites for hydroxylation is 2. The number of hydrogen-bond acceptors (Lipinski definition) is 2. The van der Waals surface area contributed by atoms with Crippen LogP contribution in [0.5, 0.6) is 0 Å². The maximum atomic E-state index is 4.65. The predicted octanol–water partition coefficient (Wildman–Crippen LogP) is 3.36. The average molecular weight is 339 g/mol. The number of nitrogens with zero attached hydrogens (tertiary/aromatic N) is 3. The summed E-state index contributed by atoms with van der Waals surface area (Å²) >= 11 is 3.70. The Balaban J connectivity index is 2.25. The minimum absolute atomic E-state index is 0.377. The van der Waals surface area contributed by atoms with Crippen LogP contribution in [0.25, 0.3) is 0 Å². The van der Waals surface area contributed by atoms with Gasteiger partial charge in [-0.05, 0) is 54.9 Å². The summed E-state index contributed by atoms with van der Waals surface area (Å²) in [6.07, 6.45) is 5.29. The molecule has 0 aliphatic rings. The van der Waals surface area contributed by atoms with E-state index in [4.69, 9.17) is 0 Å². The molecule has 2 aromatic heterocycles. The third-order valence-electron chi connectivity index (χ3n) is 3.73. The summed E-state index contributed by atoms with van der Waals surface area (Å²) in [6.45, 7) is 8.18. The predicted molar refractivity (Wildman–Crippen MR) is 86.0 cm³/mol. The molecule has 0 saturated carbocycles. The number of halogens is 1. The fourth-order valence-electron chi connectivity index (χ4n) is 2.32. The standard InChI is InChI=1S/C15H23BrN4/c1-5-13-15(16)14(20(6-2)18-13)10-19-8-7-12(9-19)11(3)17-4/h7-9,11,17H,5-6,10H2,1-4H3. The van der Waals surface area contributed by atoms with Crippen LogP contribution in [0, 0.1) is 0 Å². The normalized spacial score (nSPS) is 12.8. The molecular formula is C15H23BrN4. The second-order valence-electron chi connectivity index (χ2n) is 5.00. The molecule has 0 amide bonds. The summed E-state index contributed by atoms with van der Waals surface area (Å²) in [5.74, 6) is 0. The quantitative estimate of drug-likeness (QED) is 0.876. The molecule has 0 saturated heterocycles. The number of nitrogens with one attached hydrogen (secondary N) is 1. The van der Waals surface area contributed by atoms with Crippen molar-refractivity contribution in [2.24, 2.45) is 0 Å². The summed E-state index contributed by atoms with van der Waals surface area (Å²) < 4.78 is 5.46. The molecule has 20 heavy (non-hydrogen) atoms. The number of aromatic nitrogens is 3. The minimum Gasteiger partial charge on any atom is -0.348 e. The molecule has 0 aliphatic carbocycles. The molecule has 1 unspecified atom stereocenters. The van der Waals surface area contributed by atoms with E-state index in [0.717, 1.165) is 29.7 Å². The highest BCUT2D eigenvalue weighted by atomic mass is 79.9. The first-order chi connectivity index (χ1) is 9.60. The Labute approximate surface area is 129 Å². The maximum Gasteiger partial charge on any atom is 0.0767 e. The van der Waals surface area contributed by atoms with Crippen LogP contribution in [0.1, 0.15) is 43.8 Å². The van der Waals surface area contributed by atoms with E-state index in [9.17, 15) is 0 Å². The van der Waals surface area contributed by atoms with Crippen LogP contribution in [0.2, 0.25) is 0 Å². The Morgan fingerprint density at radius 2 is 2.15 bits per heavy atom. The van der Waals surface area contributed by atoms with Gasteiger partial charge in [0.25, 0.3) is 0 Å². The Bertz CT molecular complexity index is 570. The van der Waals surface area contributed by atoms with Crippen molar-refractivity contribution >= 4 is 15.9 Å². The second kappa shape index (κ2) is 6.59. The lowest BCUT2D eigenvalue weighted by Crippen LogP contribution is -2.11. The molecule has 0 aromatic carbocycles. The molecule has 0 bridgehead atoms. The van der Waals surface area contributed by atoms with Gasteiger partial charge in [0.15, 0.2) is 0 Å². The van der Waals surface area contributed by atoms with Gasteiger partial charge in [0.2, 0.25) is 0 Å². The Kier molecular flexibility index (Phi) is 5.05. The highest BCUT2D eigenvalue weighted by Crippen LogP contribution is 2.24. The van der Waals surface area contributed by atoms with Gasteiger partial charge in [0.05, 0.1) is 22.4 Å². The molecule has 2 aromatic rings. The molecule has 110 valence electrons. The Morgan fingerprint density at radius 3 is 2.75 bits per heavy atom. The number of rotatable bonds is 6. The van der Waals surface area contributed by atoms with Gasteiger partial charge in [-0.1, -0.05) is 6.92 Å². The average Bonchev–Trinajstić information content (AvgIpc) is 3.04. The van der Waals surface area contributed by atoms with Gasteiger partial charge in [-0.25, -0.2) is 0 Å². The van der Waals surface area contributed by atoms with Crippen LogP contribution in [-0.4, -0.2) is 21.4 Å². The lowest BCUT2D eigenvalue weighted by atomic mass is 10.2. The van der Waals surface area contributed by atoms with E-state index < -0.39 is 0 Å². The topological polar surface area (TPSA) is 34.8 Å². The molecule has 0 spiro atoms. The second-order valence-corrected chi connectivity index (χ2v) is 5.80. The molecule has 0 fully saturated rings. The third kappa shape index (κ3) is 2.99. The lowest BCUT2D eigenvalue weighted by molar-refractivity contribution is 0.593. The van der Waals surface area contributed by atoms with Crippen molar-refractivity contribution < 1.29 is 0 Å². The first kappa shape index (κ1) is 15.3. The van der Waals surface area contributed by atoms with Gasteiger partial charge >= 0.3 is 0 Å². The van der Waals surface area contributed by atoms with Crippen LogP contribution >= 0.6 is 15.9 Å². The molecule has 5 heteroatoms. The van der Waals surface area contributed by atoms with Crippen LogP contribution in [0.15, 0.2) is 22.9 Å². The highest BCUT2D eigenvalue weighted by molar-refractivity contribution is 9.10. The van der Waals surface area contributed by atoms with Gasteiger partial charge in [-0.2, -0.15) is 5.10 Å². The van der Waals surface area contributed by atoms with Crippen LogP contribution in [0.4, 0.5) is 0 Å². The van der Waals surface area contributed by atoms with Crippen LogP contribution < -0.4 is 5.32 Å². The first-order valence-electron chi connectivity index (χ1n) is 7.17.